The van der Waals surface area contributed by atoms with E-state index in [0.29, 0.717) is 17.2 Å². The first-order valence-corrected chi connectivity index (χ1v) is 10.2. The molecule has 1 aliphatic heterocycles. The van der Waals surface area contributed by atoms with E-state index in [-0.39, 0.29) is 43.4 Å². The lowest BCUT2D eigenvalue weighted by Gasteiger charge is -2.27. The third-order valence-electron chi connectivity index (χ3n) is 4.98. The maximum absolute atomic E-state index is 12.9. The molecule has 1 amide bonds. The minimum atomic E-state index is -4.34. The Morgan fingerprint density at radius 1 is 1.32 bits per heavy atom. The van der Waals surface area contributed by atoms with Crippen LogP contribution < -0.4 is 0 Å². The summed E-state index contributed by atoms with van der Waals surface area (Å²) in [4.78, 5) is 26.8. The molecule has 0 saturated heterocycles. The minimum Gasteiger partial charge on any atom is -0.461 e. The number of nitrogens with one attached hydrogen (secondary N) is 1. The number of ether oxygens (including phenoxy) is 1. The molecule has 0 radical (unpaired) electrons. The summed E-state index contributed by atoms with van der Waals surface area (Å²) in [7, 11) is 0. The molecule has 11 heteroatoms. The highest BCUT2D eigenvalue weighted by Gasteiger charge is 2.33. The number of hydrogen-bond acceptors (Lipinski definition) is 5. The van der Waals surface area contributed by atoms with Gasteiger partial charge in [0.2, 0.25) is 0 Å². The fraction of sp³-hybridized carbons (Fsp3) is 0.600. The summed E-state index contributed by atoms with van der Waals surface area (Å²) >= 11 is 0. The number of amides is 1. The van der Waals surface area contributed by atoms with Crippen molar-refractivity contribution in [1.29, 1.82) is 0 Å². The number of alkyl halides is 3. The lowest BCUT2D eigenvalue weighted by atomic mass is 10.0. The molecule has 8 nitrogen and oxygen atoms in total. The van der Waals surface area contributed by atoms with Gasteiger partial charge in [-0.15, -0.1) is 0 Å². The number of halogens is 3. The molecule has 0 saturated carbocycles. The first-order chi connectivity index (χ1) is 14.6. The Bertz CT molecular complexity index is 948. The number of aromatic nitrogens is 4. The van der Waals surface area contributed by atoms with Crippen molar-refractivity contribution in [3.05, 3.63) is 34.4 Å². The number of aromatic amines is 1. The third-order valence-corrected chi connectivity index (χ3v) is 4.98. The van der Waals surface area contributed by atoms with E-state index in [9.17, 15) is 22.8 Å². The van der Waals surface area contributed by atoms with Crippen LogP contribution >= 0.6 is 0 Å². The summed E-state index contributed by atoms with van der Waals surface area (Å²) in [5.41, 5.74) is 2.03. The third kappa shape index (κ3) is 5.45. The highest BCUT2D eigenvalue weighted by molar-refractivity contribution is 5.93. The van der Waals surface area contributed by atoms with Gasteiger partial charge in [-0.1, -0.05) is 13.8 Å². The number of fused-ring (bicyclic) bond motifs is 1. The van der Waals surface area contributed by atoms with Crippen LogP contribution in [0.3, 0.4) is 0 Å². The fourth-order valence-electron chi connectivity index (χ4n) is 3.62. The van der Waals surface area contributed by atoms with Crippen molar-refractivity contribution in [2.75, 3.05) is 13.2 Å². The Labute approximate surface area is 177 Å². The molecular weight excluding hydrogens is 415 g/mol. The van der Waals surface area contributed by atoms with E-state index in [0.717, 1.165) is 12.1 Å². The molecule has 3 heterocycles. The lowest BCUT2D eigenvalue weighted by molar-refractivity contribution is -0.137. The summed E-state index contributed by atoms with van der Waals surface area (Å²) in [6.07, 6.45) is -4.36. The van der Waals surface area contributed by atoms with E-state index in [1.165, 1.54) is 9.58 Å². The van der Waals surface area contributed by atoms with E-state index >= 15 is 0 Å². The fourth-order valence-corrected chi connectivity index (χ4v) is 3.62. The second-order valence-electron chi connectivity index (χ2n) is 7.94. The first kappa shape index (κ1) is 22.8. The lowest BCUT2D eigenvalue weighted by Crippen LogP contribution is -2.37. The SMILES string of the molecule is CCOC(=O)c1nn(CCC(F)(F)F)c2c1CN(C(=O)c1cc(CC(C)C)[nH]n1)CC2. The van der Waals surface area contributed by atoms with Crippen LogP contribution in [0.25, 0.3) is 0 Å². The number of esters is 1. The molecule has 0 unspecified atom stereocenters. The molecule has 2 aromatic heterocycles. The molecule has 0 aromatic carbocycles. The molecule has 1 aliphatic rings. The van der Waals surface area contributed by atoms with E-state index in [1.807, 2.05) is 0 Å². The zero-order valence-corrected chi connectivity index (χ0v) is 17.8. The maximum atomic E-state index is 12.9. The summed E-state index contributed by atoms with van der Waals surface area (Å²) in [6, 6.07) is 1.71. The molecule has 0 atom stereocenters. The molecule has 0 aliphatic carbocycles. The normalized spacial score (nSPS) is 14.1. The number of aryl methyl sites for hydroxylation is 1. The van der Waals surface area contributed by atoms with Crippen molar-refractivity contribution in [2.45, 2.75) is 59.3 Å². The van der Waals surface area contributed by atoms with Gasteiger partial charge in [0.05, 0.1) is 19.6 Å². The summed E-state index contributed by atoms with van der Waals surface area (Å²) in [5, 5.41) is 11.1. The topological polar surface area (TPSA) is 93.1 Å². The first-order valence-electron chi connectivity index (χ1n) is 10.2. The van der Waals surface area contributed by atoms with Gasteiger partial charge in [-0.2, -0.15) is 23.4 Å². The molecule has 31 heavy (non-hydrogen) atoms. The summed E-state index contributed by atoms with van der Waals surface area (Å²) < 4.78 is 44.3. The van der Waals surface area contributed by atoms with Crippen molar-refractivity contribution in [3.63, 3.8) is 0 Å². The molecular formula is C20H26F3N5O3. The molecule has 0 spiro atoms. The van der Waals surface area contributed by atoms with Crippen LogP contribution in [0.2, 0.25) is 0 Å². The van der Waals surface area contributed by atoms with E-state index in [2.05, 4.69) is 29.1 Å². The van der Waals surface area contributed by atoms with Gasteiger partial charge in [-0.25, -0.2) is 4.79 Å². The van der Waals surface area contributed by atoms with Crippen LogP contribution in [0.5, 0.6) is 0 Å². The number of H-pyrrole nitrogens is 1. The molecule has 0 fully saturated rings. The van der Waals surface area contributed by atoms with Gasteiger partial charge >= 0.3 is 12.1 Å². The van der Waals surface area contributed by atoms with Crippen LogP contribution in [0.4, 0.5) is 13.2 Å². The van der Waals surface area contributed by atoms with Crippen LogP contribution in [-0.2, 0) is 30.7 Å². The van der Waals surface area contributed by atoms with Crippen molar-refractivity contribution in [1.82, 2.24) is 24.9 Å². The highest BCUT2D eigenvalue weighted by atomic mass is 19.4. The van der Waals surface area contributed by atoms with Crippen LogP contribution in [-0.4, -0.2) is 56.1 Å². The Morgan fingerprint density at radius 3 is 2.71 bits per heavy atom. The number of hydrogen-bond donors (Lipinski definition) is 1. The van der Waals surface area contributed by atoms with E-state index in [4.69, 9.17) is 4.74 Å². The van der Waals surface area contributed by atoms with Crippen molar-refractivity contribution in [3.8, 4) is 0 Å². The molecule has 2 aromatic rings. The summed E-state index contributed by atoms with van der Waals surface area (Å²) in [5.74, 6) is -0.622. The standard InChI is InChI=1S/C20H26F3N5O3/c1-4-31-19(30)17-14-11-27(18(29)15-10-13(24-25-15)9-12(2)3)7-5-16(14)28(26-17)8-6-20(21,22)23/h10,12H,4-9,11H2,1-3H3,(H,24,25). The summed E-state index contributed by atoms with van der Waals surface area (Å²) in [6.45, 7) is 5.81. The predicted octanol–water partition coefficient (Wildman–Crippen LogP) is 3.13. The van der Waals surface area contributed by atoms with Gasteiger partial charge in [0.15, 0.2) is 5.69 Å². The van der Waals surface area contributed by atoms with Gasteiger partial charge in [0.1, 0.15) is 5.69 Å². The van der Waals surface area contributed by atoms with Crippen molar-refractivity contribution in [2.24, 2.45) is 5.92 Å². The average Bonchev–Trinajstić information content (AvgIpc) is 3.29. The second kappa shape index (κ2) is 9.11. The average molecular weight is 441 g/mol. The van der Waals surface area contributed by atoms with E-state index in [1.54, 1.807) is 13.0 Å². The number of carbonyl (C=O) groups excluding carboxylic acids is 2. The zero-order valence-electron chi connectivity index (χ0n) is 17.8. The monoisotopic (exact) mass is 441 g/mol. The van der Waals surface area contributed by atoms with Gasteiger partial charge in [0.25, 0.3) is 5.91 Å². The zero-order chi connectivity index (χ0) is 22.8. The Balaban J connectivity index is 1.84. The Hall–Kier alpha value is -2.85. The Morgan fingerprint density at radius 2 is 2.06 bits per heavy atom. The number of carbonyl (C=O) groups is 2. The molecule has 1 N–H and O–H groups in total. The largest absolute Gasteiger partial charge is 0.461 e. The highest BCUT2D eigenvalue weighted by Crippen LogP contribution is 2.27. The minimum absolute atomic E-state index is 0.0425. The maximum Gasteiger partial charge on any atom is 0.390 e. The van der Waals surface area contributed by atoms with Gasteiger partial charge in [-0.3, -0.25) is 14.6 Å². The van der Waals surface area contributed by atoms with E-state index < -0.39 is 25.1 Å². The molecule has 170 valence electrons. The van der Waals surface area contributed by atoms with Crippen molar-refractivity contribution < 1.29 is 27.5 Å². The quantitative estimate of drug-likeness (QED) is 0.667. The number of nitrogens with zero attached hydrogens (tertiary/aromatic N) is 4. The van der Waals surface area contributed by atoms with Gasteiger partial charge in [0, 0.05) is 36.5 Å². The van der Waals surface area contributed by atoms with Crippen LogP contribution in [0.1, 0.15) is 65.1 Å². The second-order valence-corrected chi connectivity index (χ2v) is 7.94. The molecule has 3 rings (SSSR count). The molecule has 0 bridgehead atoms. The van der Waals surface area contributed by atoms with Gasteiger partial charge in [-0.05, 0) is 25.3 Å². The van der Waals surface area contributed by atoms with Crippen molar-refractivity contribution >= 4 is 11.9 Å². The smallest absolute Gasteiger partial charge is 0.390 e. The predicted molar refractivity (Wildman–Crippen MR) is 104 cm³/mol. The van der Waals surface area contributed by atoms with Gasteiger partial charge < -0.3 is 9.64 Å². The van der Waals surface area contributed by atoms with Crippen LogP contribution in [0, 0.1) is 5.92 Å². The Kier molecular flexibility index (Phi) is 6.71. The number of rotatable bonds is 7. The van der Waals surface area contributed by atoms with Crippen LogP contribution in [0.15, 0.2) is 6.07 Å².